The predicted molar refractivity (Wildman–Crippen MR) is 49.7 cm³/mol. The number of ketones is 1. The number of carbonyl (C=O) groups is 1. The van der Waals surface area contributed by atoms with Crippen molar-refractivity contribution in [3.63, 3.8) is 0 Å². The molecule has 0 saturated heterocycles. The van der Waals surface area contributed by atoms with Crippen LogP contribution in [0, 0.1) is 0 Å². The smallest absolute Gasteiger partial charge is 0.191 e. The Morgan fingerprint density at radius 2 is 2.08 bits per heavy atom. The summed E-state index contributed by atoms with van der Waals surface area (Å²) >= 11 is 0. The van der Waals surface area contributed by atoms with Gasteiger partial charge in [-0.15, -0.1) is 0 Å². The highest BCUT2D eigenvalue weighted by atomic mass is 16.3. The van der Waals surface area contributed by atoms with Crippen molar-refractivity contribution in [2.75, 3.05) is 0 Å². The number of aliphatic hydroxyl groups is 1. The molecule has 0 amide bonds. The molecule has 1 aliphatic rings. The van der Waals surface area contributed by atoms with E-state index in [1.54, 1.807) is 6.07 Å². The van der Waals surface area contributed by atoms with Crippen molar-refractivity contribution in [2.24, 2.45) is 0 Å². The molecule has 13 heavy (non-hydrogen) atoms. The Kier molecular flexibility index (Phi) is 2.15. The molecule has 2 nitrogen and oxygen atoms in total. The van der Waals surface area contributed by atoms with Crippen LogP contribution in [0.15, 0.2) is 24.3 Å². The first-order valence-electron chi connectivity index (χ1n) is 4.59. The van der Waals surface area contributed by atoms with Crippen LogP contribution in [0.5, 0.6) is 0 Å². The number of carbonyl (C=O) groups excluding carboxylic acids is 1. The summed E-state index contributed by atoms with van der Waals surface area (Å²) in [4.78, 5) is 11.6. The number of benzene rings is 1. The van der Waals surface area contributed by atoms with Gasteiger partial charge in [0.1, 0.15) is 6.10 Å². The number of Topliss-reactive ketones (excluding diaryl/α,β-unsaturated/α-hetero) is 1. The van der Waals surface area contributed by atoms with Gasteiger partial charge in [0.25, 0.3) is 0 Å². The number of hydrogen-bond acceptors (Lipinski definition) is 2. The molecule has 0 spiro atoms. The van der Waals surface area contributed by atoms with Crippen LogP contribution in [-0.4, -0.2) is 17.0 Å². The summed E-state index contributed by atoms with van der Waals surface area (Å²) in [7, 11) is 0. The number of rotatable bonds is 0. The fraction of sp³-hybridized carbons (Fsp3) is 0.364. The fourth-order valence-electron chi connectivity index (χ4n) is 1.78. The van der Waals surface area contributed by atoms with Gasteiger partial charge in [0.2, 0.25) is 0 Å². The van der Waals surface area contributed by atoms with Gasteiger partial charge in [-0.25, -0.2) is 0 Å². The first-order chi connectivity index (χ1) is 6.29. The quantitative estimate of drug-likeness (QED) is 0.609. The van der Waals surface area contributed by atoms with Crippen molar-refractivity contribution in [3.05, 3.63) is 35.4 Å². The summed E-state index contributed by atoms with van der Waals surface area (Å²) < 4.78 is 0. The minimum absolute atomic E-state index is 0.117. The molecule has 0 saturated carbocycles. The van der Waals surface area contributed by atoms with Gasteiger partial charge >= 0.3 is 0 Å². The zero-order chi connectivity index (χ0) is 9.26. The monoisotopic (exact) mass is 176 g/mol. The number of aliphatic hydroxyl groups excluding tert-OH is 1. The summed E-state index contributed by atoms with van der Waals surface area (Å²) in [5.74, 6) is -0.117. The minimum atomic E-state index is -0.788. The standard InChI is InChI=1S/C11H12O2/c12-10-7-3-5-8-4-1-2-6-9(8)11(10)13/h1-2,4,6,10,12H,3,5,7H2. The molecule has 1 aromatic rings. The van der Waals surface area contributed by atoms with Gasteiger partial charge in [0, 0.05) is 5.56 Å². The van der Waals surface area contributed by atoms with Crippen LogP contribution in [-0.2, 0) is 6.42 Å². The Bertz CT molecular complexity index is 331. The SMILES string of the molecule is O=C1c2ccccc2CCCC1O. The van der Waals surface area contributed by atoms with Crippen LogP contribution >= 0.6 is 0 Å². The zero-order valence-corrected chi connectivity index (χ0v) is 7.36. The Morgan fingerprint density at radius 3 is 2.92 bits per heavy atom. The fourth-order valence-corrected chi connectivity index (χ4v) is 1.78. The summed E-state index contributed by atoms with van der Waals surface area (Å²) in [5.41, 5.74) is 1.77. The summed E-state index contributed by atoms with van der Waals surface area (Å²) in [6, 6.07) is 7.54. The molecule has 0 radical (unpaired) electrons. The van der Waals surface area contributed by atoms with Crippen molar-refractivity contribution < 1.29 is 9.90 Å². The minimum Gasteiger partial charge on any atom is -0.385 e. The lowest BCUT2D eigenvalue weighted by Gasteiger charge is -2.05. The third-order valence-corrected chi connectivity index (χ3v) is 2.51. The maximum absolute atomic E-state index is 11.6. The summed E-state index contributed by atoms with van der Waals surface area (Å²) in [6.07, 6.45) is 1.60. The Morgan fingerprint density at radius 1 is 1.31 bits per heavy atom. The van der Waals surface area contributed by atoms with Crippen molar-refractivity contribution >= 4 is 5.78 Å². The van der Waals surface area contributed by atoms with Gasteiger partial charge < -0.3 is 5.11 Å². The van der Waals surface area contributed by atoms with E-state index in [4.69, 9.17) is 0 Å². The number of aryl methyl sites for hydroxylation is 1. The normalized spacial score (nSPS) is 22.2. The Hall–Kier alpha value is -1.15. The molecule has 0 bridgehead atoms. The van der Waals surface area contributed by atoms with Crippen LogP contribution in [0.1, 0.15) is 28.8 Å². The highest BCUT2D eigenvalue weighted by Crippen LogP contribution is 2.20. The second kappa shape index (κ2) is 3.30. The molecular weight excluding hydrogens is 164 g/mol. The maximum Gasteiger partial charge on any atom is 0.191 e. The van der Waals surface area contributed by atoms with Gasteiger partial charge in [-0.05, 0) is 24.8 Å². The van der Waals surface area contributed by atoms with Crippen LogP contribution in [0.3, 0.4) is 0 Å². The number of hydrogen-bond donors (Lipinski definition) is 1. The van der Waals surface area contributed by atoms with E-state index >= 15 is 0 Å². The highest BCUT2D eigenvalue weighted by Gasteiger charge is 2.22. The summed E-state index contributed by atoms with van der Waals surface area (Å²) in [5, 5.41) is 9.45. The topological polar surface area (TPSA) is 37.3 Å². The van der Waals surface area contributed by atoms with Crippen molar-refractivity contribution in [2.45, 2.75) is 25.4 Å². The lowest BCUT2D eigenvalue weighted by molar-refractivity contribution is 0.0735. The molecule has 0 heterocycles. The molecule has 1 atom stereocenters. The zero-order valence-electron chi connectivity index (χ0n) is 7.36. The third-order valence-electron chi connectivity index (χ3n) is 2.51. The van der Waals surface area contributed by atoms with Gasteiger partial charge in [0.05, 0.1) is 0 Å². The molecule has 1 N–H and O–H groups in total. The van der Waals surface area contributed by atoms with Gasteiger partial charge in [-0.1, -0.05) is 24.3 Å². The van der Waals surface area contributed by atoms with E-state index in [0.717, 1.165) is 18.4 Å². The van der Waals surface area contributed by atoms with E-state index in [0.29, 0.717) is 12.0 Å². The van der Waals surface area contributed by atoms with E-state index in [2.05, 4.69) is 0 Å². The Labute approximate surface area is 77.2 Å². The molecule has 0 aliphatic heterocycles. The maximum atomic E-state index is 11.6. The van der Waals surface area contributed by atoms with Crippen LogP contribution in [0.25, 0.3) is 0 Å². The van der Waals surface area contributed by atoms with E-state index in [9.17, 15) is 9.90 Å². The molecule has 0 fully saturated rings. The average molecular weight is 176 g/mol. The number of fused-ring (bicyclic) bond motifs is 1. The average Bonchev–Trinajstić information content (AvgIpc) is 2.29. The third kappa shape index (κ3) is 1.49. The van der Waals surface area contributed by atoms with E-state index in [1.165, 1.54) is 0 Å². The molecular formula is C11H12O2. The van der Waals surface area contributed by atoms with Crippen molar-refractivity contribution in [3.8, 4) is 0 Å². The van der Waals surface area contributed by atoms with Crippen LogP contribution in [0.4, 0.5) is 0 Å². The van der Waals surface area contributed by atoms with Gasteiger partial charge in [-0.2, -0.15) is 0 Å². The second-order valence-corrected chi connectivity index (χ2v) is 3.43. The highest BCUT2D eigenvalue weighted by molar-refractivity contribution is 6.00. The molecule has 0 aromatic heterocycles. The van der Waals surface area contributed by atoms with Crippen molar-refractivity contribution in [1.29, 1.82) is 0 Å². The van der Waals surface area contributed by atoms with Crippen LogP contribution in [0.2, 0.25) is 0 Å². The second-order valence-electron chi connectivity index (χ2n) is 3.43. The van der Waals surface area contributed by atoms with E-state index in [-0.39, 0.29) is 5.78 Å². The van der Waals surface area contributed by atoms with Gasteiger partial charge in [-0.3, -0.25) is 4.79 Å². The molecule has 2 heteroatoms. The van der Waals surface area contributed by atoms with Crippen LogP contribution < -0.4 is 0 Å². The lowest BCUT2D eigenvalue weighted by Crippen LogP contribution is -2.18. The van der Waals surface area contributed by atoms with Gasteiger partial charge in [0.15, 0.2) is 5.78 Å². The molecule has 68 valence electrons. The van der Waals surface area contributed by atoms with E-state index < -0.39 is 6.10 Å². The molecule has 2 rings (SSSR count). The molecule has 1 unspecified atom stereocenters. The van der Waals surface area contributed by atoms with Crippen molar-refractivity contribution in [1.82, 2.24) is 0 Å². The van der Waals surface area contributed by atoms with E-state index in [1.807, 2.05) is 18.2 Å². The first kappa shape index (κ1) is 8.45. The molecule has 1 aliphatic carbocycles. The summed E-state index contributed by atoms with van der Waals surface area (Å²) in [6.45, 7) is 0. The first-order valence-corrected chi connectivity index (χ1v) is 4.59. The lowest BCUT2D eigenvalue weighted by atomic mass is 10.0. The largest absolute Gasteiger partial charge is 0.385 e. The Balaban J connectivity index is 2.46. The predicted octanol–water partition coefficient (Wildman–Crippen LogP) is 1.57. The molecule has 1 aromatic carbocycles.